The minimum absolute atomic E-state index is 0. The van der Waals surface area contributed by atoms with Gasteiger partial charge in [-0.3, -0.25) is 0 Å². The summed E-state index contributed by atoms with van der Waals surface area (Å²) in [7, 11) is 0. The molecular formula is CeCl4O4. The molecule has 0 spiro atoms. The zero-order valence-corrected chi connectivity index (χ0v) is 9.81. The standard InChI is InChI=1S/Ce.4ClO/c;4*1-2/q+4;4*-1. The number of rotatable bonds is 0. The first-order valence-electron chi connectivity index (χ1n) is 0.617. The van der Waals surface area contributed by atoms with Crippen LogP contribution < -0.4 is 18.6 Å². The minimum atomic E-state index is 0. The van der Waals surface area contributed by atoms with Gasteiger partial charge in [0.25, 0.3) is 0 Å². The van der Waals surface area contributed by atoms with Gasteiger partial charge in [0.1, 0.15) is 0 Å². The Morgan fingerprint density at radius 3 is 0.444 bits per heavy atom. The second-order valence-electron chi connectivity index (χ2n) is 0. The molecule has 0 heterocycles. The summed E-state index contributed by atoms with van der Waals surface area (Å²) in [5.41, 5.74) is 0. The van der Waals surface area contributed by atoms with Crippen molar-refractivity contribution in [3.8, 4) is 0 Å². The van der Waals surface area contributed by atoms with E-state index in [0.29, 0.717) is 0 Å². The van der Waals surface area contributed by atoms with Gasteiger partial charge >= 0.3 is 41.7 Å². The van der Waals surface area contributed by atoms with Gasteiger partial charge in [0.2, 0.25) is 0 Å². The van der Waals surface area contributed by atoms with Gasteiger partial charge in [-0.1, -0.05) is 0 Å². The van der Waals surface area contributed by atoms with E-state index < -0.39 is 0 Å². The van der Waals surface area contributed by atoms with Crippen LogP contribution >= 0.6 is 47.5 Å². The maximum absolute atomic E-state index is 7.72. The van der Waals surface area contributed by atoms with Crippen LogP contribution in [0.15, 0.2) is 0 Å². The molecule has 0 rings (SSSR count). The molecular weight excluding hydrogens is 346 g/mol. The first-order chi connectivity index (χ1) is 4.00. The molecule has 0 saturated heterocycles. The van der Waals surface area contributed by atoms with Crippen LogP contribution in [-0.2, 0) is 0 Å². The topological polar surface area (TPSA) is 92.2 Å². The molecule has 0 aliphatic heterocycles. The maximum atomic E-state index is 7.72. The molecule has 0 aromatic carbocycles. The van der Waals surface area contributed by atoms with Gasteiger partial charge in [-0.25, -0.2) is 47.5 Å². The Bertz CT molecular complexity index is 12.5. The van der Waals surface area contributed by atoms with E-state index in [9.17, 15) is 0 Å². The van der Waals surface area contributed by atoms with Gasteiger partial charge in [0.15, 0.2) is 0 Å². The zero-order valence-electron chi connectivity index (χ0n) is 3.64. The molecule has 0 atom stereocenters. The van der Waals surface area contributed by atoms with E-state index >= 15 is 0 Å². The van der Waals surface area contributed by atoms with Crippen molar-refractivity contribution in [2.45, 2.75) is 0 Å². The van der Waals surface area contributed by atoms with Gasteiger partial charge in [0, 0.05) is 0 Å². The average molecular weight is 346 g/mol. The van der Waals surface area contributed by atoms with E-state index in [4.69, 9.17) is 18.6 Å². The monoisotopic (exact) mass is 344 g/mol. The zero-order chi connectivity index (χ0) is 8.00. The van der Waals surface area contributed by atoms with Gasteiger partial charge in [0.05, 0.1) is 0 Å². The summed E-state index contributed by atoms with van der Waals surface area (Å²) in [4.78, 5) is 0. The third-order valence-corrected chi connectivity index (χ3v) is 0. The first-order valence-corrected chi connectivity index (χ1v) is 1.85. The molecule has 9 heteroatoms. The second-order valence-corrected chi connectivity index (χ2v) is 0. The SMILES string of the molecule is [Ce+4].[O-]Cl.[O-]Cl.[O-]Cl.[O-]Cl. The molecule has 0 aliphatic rings. The summed E-state index contributed by atoms with van der Waals surface area (Å²) in [6.07, 6.45) is 0. The summed E-state index contributed by atoms with van der Waals surface area (Å²) in [5.74, 6) is 0. The van der Waals surface area contributed by atoms with E-state index in [1.807, 2.05) is 0 Å². The van der Waals surface area contributed by atoms with Crippen LogP contribution in [0.1, 0.15) is 0 Å². The van der Waals surface area contributed by atoms with Crippen LogP contribution in [0.4, 0.5) is 0 Å². The molecule has 0 fully saturated rings. The Labute approximate surface area is 106 Å². The smallest absolute Gasteiger partial charge is 0.769 e. The molecule has 0 aromatic rings. The molecule has 0 aromatic heterocycles. The summed E-state index contributed by atoms with van der Waals surface area (Å²) in [6.45, 7) is 0. The van der Waals surface area contributed by atoms with Crippen LogP contribution in [0.3, 0.4) is 0 Å². The molecule has 0 unspecified atom stereocenters. The molecule has 9 heavy (non-hydrogen) atoms. The molecule has 4 nitrogen and oxygen atoms in total. The largest absolute Gasteiger partial charge is 4.00 e. The fourth-order valence-corrected chi connectivity index (χ4v) is 0. The van der Waals surface area contributed by atoms with Gasteiger partial charge in [-0.2, -0.15) is 0 Å². The van der Waals surface area contributed by atoms with Gasteiger partial charge < -0.3 is 18.6 Å². The molecule has 0 bridgehead atoms. The maximum Gasteiger partial charge on any atom is 4.00 e. The minimum Gasteiger partial charge on any atom is -0.769 e. The van der Waals surface area contributed by atoms with Crippen LogP contribution in [0.25, 0.3) is 0 Å². The third-order valence-electron chi connectivity index (χ3n) is 0. The fraction of sp³-hybridized carbons (Fsp3) is 0. The van der Waals surface area contributed by atoms with Crippen molar-refractivity contribution >= 4 is 47.5 Å². The van der Waals surface area contributed by atoms with Crippen molar-refractivity contribution in [2.24, 2.45) is 0 Å². The molecule has 0 aliphatic carbocycles. The van der Waals surface area contributed by atoms with Crippen LogP contribution in [-0.4, -0.2) is 0 Å². The van der Waals surface area contributed by atoms with Crippen LogP contribution in [0.5, 0.6) is 0 Å². The van der Waals surface area contributed by atoms with Gasteiger partial charge in [-0.05, 0) is 0 Å². The molecule has 0 amide bonds. The van der Waals surface area contributed by atoms with Crippen molar-refractivity contribution < 1.29 is 60.4 Å². The van der Waals surface area contributed by atoms with E-state index in [1.165, 1.54) is 0 Å². The molecule has 0 N–H and O–H groups in total. The quantitative estimate of drug-likeness (QED) is 0.507. The predicted molar refractivity (Wildman–Crippen MR) is 23.4 cm³/mol. The van der Waals surface area contributed by atoms with Crippen molar-refractivity contribution in [3.05, 3.63) is 0 Å². The Hall–Kier alpha value is 2.38. The Morgan fingerprint density at radius 1 is 0.444 bits per heavy atom. The molecule has 56 valence electrons. The summed E-state index contributed by atoms with van der Waals surface area (Å²) in [6, 6.07) is 0. The van der Waals surface area contributed by atoms with Crippen molar-refractivity contribution in [1.29, 1.82) is 0 Å². The van der Waals surface area contributed by atoms with E-state index in [-0.39, 0.29) is 41.7 Å². The Morgan fingerprint density at radius 2 is 0.444 bits per heavy atom. The molecule has 0 saturated carbocycles. The van der Waals surface area contributed by atoms with Crippen molar-refractivity contribution in [1.82, 2.24) is 0 Å². The van der Waals surface area contributed by atoms with Crippen molar-refractivity contribution in [3.63, 3.8) is 0 Å². The summed E-state index contributed by atoms with van der Waals surface area (Å²) < 4.78 is 30.9. The molecule has 0 radical (unpaired) electrons. The van der Waals surface area contributed by atoms with Crippen molar-refractivity contribution in [2.75, 3.05) is 0 Å². The van der Waals surface area contributed by atoms with E-state index in [0.717, 1.165) is 0 Å². The predicted octanol–water partition coefficient (Wildman–Crippen LogP) is -2.00. The van der Waals surface area contributed by atoms with E-state index in [1.54, 1.807) is 0 Å². The number of hydrogen-bond donors (Lipinski definition) is 0. The van der Waals surface area contributed by atoms with Crippen LogP contribution in [0, 0.1) is 41.7 Å². The first kappa shape index (κ1) is 30.1. The third kappa shape index (κ3) is 129. The Balaban J connectivity index is -0.00000000762. The normalized spacial score (nSPS) is 2.67. The van der Waals surface area contributed by atoms with Crippen LogP contribution in [0.2, 0.25) is 0 Å². The number of halogens is 4. The Kier molecular flexibility index (Phi) is 541. The summed E-state index contributed by atoms with van der Waals surface area (Å²) in [5, 5.41) is 0. The number of hydrogen-bond acceptors (Lipinski definition) is 4. The summed E-state index contributed by atoms with van der Waals surface area (Å²) >= 11 is 13.6. The fourth-order valence-electron chi connectivity index (χ4n) is 0. The second kappa shape index (κ2) is 162. The van der Waals surface area contributed by atoms with Gasteiger partial charge in [-0.15, -0.1) is 0 Å². The average Bonchev–Trinajstić information content (AvgIpc) is 2.03. The van der Waals surface area contributed by atoms with E-state index in [2.05, 4.69) is 47.5 Å².